The van der Waals surface area contributed by atoms with Gasteiger partial charge in [-0.25, -0.2) is 4.98 Å². The Morgan fingerprint density at radius 3 is 3.19 bits per heavy atom. The molecule has 0 radical (unpaired) electrons. The molecule has 0 unspecified atom stereocenters. The van der Waals surface area contributed by atoms with Crippen LogP contribution in [0.1, 0.15) is 26.2 Å². The van der Waals surface area contributed by atoms with Crippen LogP contribution in [0.2, 0.25) is 0 Å². The molecular formula is C17H20N4. The van der Waals surface area contributed by atoms with Gasteiger partial charge in [-0.05, 0) is 30.9 Å². The number of aromatic nitrogens is 3. The van der Waals surface area contributed by atoms with Crippen LogP contribution in [0, 0.1) is 5.92 Å². The van der Waals surface area contributed by atoms with Crippen LogP contribution in [0.5, 0.6) is 0 Å². The molecule has 0 aliphatic carbocycles. The summed E-state index contributed by atoms with van der Waals surface area (Å²) < 4.78 is 0. The van der Waals surface area contributed by atoms with Crippen molar-refractivity contribution in [2.24, 2.45) is 5.92 Å². The molecule has 0 spiro atoms. The molecule has 3 aromatic rings. The predicted molar refractivity (Wildman–Crippen MR) is 86.6 cm³/mol. The summed E-state index contributed by atoms with van der Waals surface area (Å²) in [6.07, 6.45) is 9.57. The van der Waals surface area contributed by atoms with Crippen LogP contribution >= 0.6 is 0 Å². The third-order valence-corrected chi connectivity index (χ3v) is 4.60. The second-order valence-electron chi connectivity index (χ2n) is 5.99. The molecule has 0 amide bonds. The number of hydrogen-bond acceptors (Lipinski definition) is 3. The zero-order valence-electron chi connectivity index (χ0n) is 12.3. The highest BCUT2D eigenvalue weighted by atomic mass is 15.2. The van der Waals surface area contributed by atoms with Crippen LogP contribution in [-0.2, 0) is 0 Å². The maximum Gasteiger partial charge on any atom is 0.140 e. The molecule has 108 valence electrons. The van der Waals surface area contributed by atoms with Gasteiger partial charge in [0.25, 0.3) is 0 Å². The summed E-state index contributed by atoms with van der Waals surface area (Å²) in [5, 5.41) is 2.47. The van der Waals surface area contributed by atoms with E-state index in [1.165, 1.54) is 42.3 Å². The quantitative estimate of drug-likeness (QED) is 0.795. The lowest BCUT2D eigenvalue weighted by atomic mass is 10.0. The summed E-state index contributed by atoms with van der Waals surface area (Å²) in [6, 6.07) is 4.24. The van der Waals surface area contributed by atoms with Crippen molar-refractivity contribution in [3.8, 4) is 0 Å². The van der Waals surface area contributed by atoms with E-state index < -0.39 is 0 Å². The van der Waals surface area contributed by atoms with Gasteiger partial charge in [-0.1, -0.05) is 13.3 Å². The van der Waals surface area contributed by atoms with Crippen LogP contribution in [0.3, 0.4) is 0 Å². The van der Waals surface area contributed by atoms with Gasteiger partial charge in [0, 0.05) is 36.6 Å². The number of nitrogens with one attached hydrogen (secondary N) is 1. The van der Waals surface area contributed by atoms with Crippen LogP contribution in [0.4, 0.5) is 5.69 Å². The predicted octanol–water partition coefficient (Wildman–Crippen LogP) is 3.74. The van der Waals surface area contributed by atoms with Crippen LogP contribution in [0.15, 0.2) is 30.7 Å². The van der Waals surface area contributed by atoms with E-state index in [9.17, 15) is 0 Å². The van der Waals surface area contributed by atoms with E-state index in [1.54, 1.807) is 0 Å². The van der Waals surface area contributed by atoms with Gasteiger partial charge in [0.1, 0.15) is 5.65 Å². The summed E-state index contributed by atoms with van der Waals surface area (Å²) in [7, 11) is 0. The highest BCUT2D eigenvalue weighted by molar-refractivity contribution is 6.11. The minimum atomic E-state index is 0.838. The van der Waals surface area contributed by atoms with E-state index in [4.69, 9.17) is 0 Å². The molecule has 1 saturated heterocycles. The van der Waals surface area contributed by atoms with Gasteiger partial charge in [0.15, 0.2) is 0 Å². The molecule has 3 aromatic heterocycles. The lowest BCUT2D eigenvalue weighted by Gasteiger charge is -2.19. The fourth-order valence-electron chi connectivity index (χ4n) is 3.61. The minimum Gasteiger partial charge on any atom is -0.371 e. The van der Waals surface area contributed by atoms with Gasteiger partial charge in [-0.2, -0.15) is 0 Å². The summed E-state index contributed by atoms with van der Waals surface area (Å²) in [5.74, 6) is 0.838. The molecule has 0 bridgehead atoms. The molecule has 21 heavy (non-hydrogen) atoms. The molecule has 0 saturated carbocycles. The molecule has 1 fully saturated rings. The van der Waals surface area contributed by atoms with E-state index in [0.29, 0.717) is 0 Å². The zero-order valence-corrected chi connectivity index (χ0v) is 12.3. The van der Waals surface area contributed by atoms with Crippen molar-refractivity contribution in [2.75, 3.05) is 18.0 Å². The third-order valence-electron chi connectivity index (χ3n) is 4.60. The summed E-state index contributed by atoms with van der Waals surface area (Å²) in [5.41, 5.74) is 3.35. The van der Waals surface area contributed by atoms with Crippen molar-refractivity contribution >= 4 is 27.6 Å². The first-order chi connectivity index (χ1) is 10.4. The Hall–Kier alpha value is -2.10. The molecule has 1 N–H and O–H groups in total. The molecule has 4 heteroatoms. The van der Waals surface area contributed by atoms with Crippen molar-refractivity contribution in [1.29, 1.82) is 0 Å². The third kappa shape index (κ3) is 2.06. The Bertz CT molecular complexity index is 777. The standard InChI is InChI=1S/C17H20N4/c1-2-3-12-6-9-21(11-12)15-5-8-19-17-16(15)13-4-7-18-10-14(13)20-17/h4-5,7-8,10,12H,2-3,6,9,11H2,1H3,(H,19,20)/t12-/m0/s1. The zero-order chi connectivity index (χ0) is 14.2. The van der Waals surface area contributed by atoms with Crippen molar-refractivity contribution in [1.82, 2.24) is 15.0 Å². The van der Waals surface area contributed by atoms with Gasteiger partial charge in [0.05, 0.1) is 17.1 Å². The Labute approximate surface area is 124 Å². The maximum atomic E-state index is 4.50. The van der Waals surface area contributed by atoms with E-state index in [1.807, 2.05) is 18.6 Å². The van der Waals surface area contributed by atoms with Crippen molar-refractivity contribution in [3.05, 3.63) is 30.7 Å². The first-order valence-corrected chi connectivity index (χ1v) is 7.82. The van der Waals surface area contributed by atoms with Crippen molar-refractivity contribution in [2.45, 2.75) is 26.2 Å². The number of nitrogens with zero attached hydrogens (tertiary/aromatic N) is 3. The summed E-state index contributed by atoms with van der Waals surface area (Å²) in [4.78, 5) is 14.6. The van der Waals surface area contributed by atoms with E-state index >= 15 is 0 Å². The Balaban J connectivity index is 1.82. The fraction of sp³-hybridized carbons (Fsp3) is 0.412. The summed E-state index contributed by atoms with van der Waals surface area (Å²) in [6.45, 7) is 4.60. The highest BCUT2D eigenvalue weighted by Crippen LogP contribution is 2.35. The SMILES string of the molecule is CCC[C@H]1CCN(c2ccnc3[nH]c4cnccc4c23)C1. The first kappa shape index (κ1) is 12.6. The van der Waals surface area contributed by atoms with Gasteiger partial charge in [-0.15, -0.1) is 0 Å². The Morgan fingerprint density at radius 2 is 2.29 bits per heavy atom. The fourth-order valence-corrected chi connectivity index (χ4v) is 3.61. The lowest BCUT2D eigenvalue weighted by molar-refractivity contribution is 0.530. The average molecular weight is 280 g/mol. The smallest absolute Gasteiger partial charge is 0.140 e. The molecule has 0 aromatic carbocycles. The molecule has 4 rings (SSSR count). The normalized spacial score (nSPS) is 18.9. The van der Waals surface area contributed by atoms with Gasteiger partial charge >= 0.3 is 0 Å². The molecule has 1 aliphatic heterocycles. The Kier molecular flexibility index (Phi) is 3.02. The number of fused-ring (bicyclic) bond motifs is 3. The van der Waals surface area contributed by atoms with Crippen LogP contribution in [0.25, 0.3) is 21.9 Å². The van der Waals surface area contributed by atoms with Gasteiger partial charge in [-0.3, -0.25) is 4.98 Å². The van der Waals surface area contributed by atoms with Gasteiger partial charge < -0.3 is 9.88 Å². The van der Waals surface area contributed by atoms with Crippen LogP contribution in [-0.4, -0.2) is 28.0 Å². The molecular weight excluding hydrogens is 260 g/mol. The van der Waals surface area contributed by atoms with Gasteiger partial charge in [0.2, 0.25) is 0 Å². The number of hydrogen-bond donors (Lipinski definition) is 1. The van der Waals surface area contributed by atoms with E-state index in [2.05, 4.69) is 38.9 Å². The van der Waals surface area contributed by atoms with Crippen LogP contribution < -0.4 is 4.90 Å². The molecule has 1 atom stereocenters. The maximum absolute atomic E-state index is 4.50. The number of aromatic amines is 1. The van der Waals surface area contributed by atoms with Crippen molar-refractivity contribution in [3.63, 3.8) is 0 Å². The number of anilines is 1. The Morgan fingerprint density at radius 1 is 1.33 bits per heavy atom. The highest BCUT2D eigenvalue weighted by Gasteiger charge is 2.24. The minimum absolute atomic E-state index is 0.838. The number of rotatable bonds is 3. The molecule has 4 nitrogen and oxygen atoms in total. The average Bonchev–Trinajstić information content (AvgIpc) is 3.11. The second-order valence-corrected chi connectivity index (χ2v) is 5.99. The summed E-state index contributed by atoms with van der Waals surface area (Å²) >= 11 is 0. The molecule has 4 heterocycles. The lowest BCUT2D eigenvalue weighted by Crippen LogP contribution is -2.19. The molecule has 1 aliphatic rings. The van der Waals surface area contributed by atoms with E-state index in [0.717, 1.165) is 23.6 Å². The van der Waals surface area contributed by atoms with Crippen molar-refractivity contribution < 1.29 is 0 Å². The monoisotopic (exact) mass is 280 g/mol. The number of H-pyrrole nitrogens is 1. The number of pyridine rings is 2. The second kappa shape index (κ2) is 5.02. The largest absolute Gasteiger partial charge is 0.371 e. The first-order valence-electron chi connectivity index (χ1n) is 7.82. The topological polar surface area (TPSA) is 44.8 Å². The van der Waals surface area contributed by atoms with E-state index in [-0.39, 0.29) is 0 Å².